The van der Waals surface area contributed by atoms with Gasteiger partial charge in [0.15, 0.2) is 0 Å². The summed E-state index contributed by atoms with van der Waals surface area (Å²) in [5.41, 5.74) is 0.205. The van der Waals surface area contributed by atoms with Crippen molar-refractivity contribution in [3.63, 3.8) is 0 Å². The van der Waals surface area contributed by atoms with Crippen LogP contribution in [0.3, 0.4) is 0 Å². The predicted molar refractivity (Wildman–Crippen MR) is 69.7 cm³/mol. The predicted octanol–water partition coefficient (Wildman–Crippen LogP) is 2.24. The fraction of sp³-hybridized carbons (Fsp3) is 0.929. The number of nitriles is 1. The van der Waals surface area contributed by atoms with Gasteiger partial charge in [-0.25, -0.2) is 0 Å². The summed E-state index contributed by atoms with van der Waals surface area (Å²) < 4.78 is 0. The quantitative estimate of drug-likeness (QED) is 0.751. The second-order valence-electron chi connectivity index (χ2n) is 5.88. The zero-order valence-electron chi connectivity index (χ0n) is 11.3. The molecule has 2 saturated heterocycles. The largest absolute Gasteiger partial charge is 0.301 e. The lowest BCUT2D eigenvalue weighted by Crippen LogP contribution is -2.55. The minimum Gasteiger partial charge on any atom is -0.301 e. The van der Waals surface area contributed by atoms with Crippen LogP contribution in [0, 0.1) is 11.3 Å². The summed E-state index contributed by atoms with van der Waals surface area (Å²) in [6, 6.07) is 3.09. The summed E-state index contributed by atoms with van der Waals surface area (Å²) in [6.07, 6.45) is 5.72. The maximum Gasteiger partial charge on any atom is 0.0641 e. The lowest BCUT2D eigenvalue weighted by atomic mass is 9.83. The molecule has 0 unspecified atom stereocenters. The molecule has 96 valence electrons. The molecule has 17 heavy (non-hydrogen) atoms. The molecule has 2 rings (SSSR count). The molecule has 3 heteroatoms. The van der Waals surface area contributed by atoms with E-state index in [-0.39, 0.29) is 5.54 Å². The first-order valence-electron chi connectivity index (χ1n) is 7.04. The molecular formula is C14H25N3. The van der Waals surface area contributed by atoms with Gasteiger partial charge in [-0.05, 0) is 52.6 Å². The number of nitrogens with zero attached hydrogens (tertiary/aromatic N) is 3. The molecule has 0 atom stereocenters. The second-order valence-corrected chi connectivity index (χ2v) is 5.88. The molecule has 0 aromatic carbocycles. The molecule has 2 fully saturated rings. The Morgan fingerprint density at radius 1 is 1.12 bits per heavy atom. The van der Waals surface area contributed by atoms with Crippen molar-refractivity contribution in [2.45, 2.75) is 57.5 Å². The molecule has 0 aromatic rings. The molecule has 2 heterocycles. The molecule has 0 saturated carbocycles. The van der Waals surface area contributed by atoms with E-state index >= 15 is 0 Å². The van der Waals surface area contributed by atoms with E-state index in [1.807, 2.05) is 0 Å². The van der Waals surface area contributed by atoms with Gasteiger partial charge in [-0.1, -0.05) is 0 Å². The summed E-state index contributed by atoms with van der Waals surface area (Å²) in [7, 11) is 0. The highest BCUT2D eigenvalue weighted by molar-refractivity contribution is 5.02. The zero-order chi connectivity index (χ0) is 12.3. The highest BCUT2D eigenvalue weighted by Crippen LogP contribution is 2.35. The van der Waals surface area contributed by atoms with E-state index < -0.39 is 0 Å². The minimum atomic E-state index is 0.205. The first kappa shape index (κ1) is 12.9. The summed E-state index contributed by atoms with van der Waals surface area (Å²) >= 11 is 0. The number of rotatable bonds is 3. The molecule has 2 aliphatic rings. The van der Waals surface area contributed by atoms with Crippen molar-refractivity contribution >= 4 is 0 Å². The summed E-state index contributed by atoms with van der Waals surface area (Å²) in [6.45, 7) is 9.29. The SMILES string of the molecule is CC(C)N1CCC(CC#N)(N2CCCC2)CC1. The first-order chi connectivity index (χ1) is 8.18. The second kappa shape index (κ2) is 5.37. The van der Waals surface area contributed by atoms with Gasteiger partial charge in [-0.15, -0.1) is 0 Å². The summed E-state index contributed by atoms with van der Waals surface area (Å²) in [5.74, 6) is 0. The van der Waals surface area contributed by atoms with E-state index in [0.717, 1.165) is 19.5 Å². The van der Waals surface area contributed by atoms with Crippen LogP contribution < -0.4 is 0 Å². The normalized spacial score (nSPS) is 26.2. The van der Waals surface area contributed by atoms with Gasteiger partial charge in [0.2, 0.25) is 0 Å². The highest BCUT2D eigenvalue weighted by Gasteiger charge is 2.40. The molecule has 0 aliphatic carbocycles. The van der Waals surface area contributed by atoms with Crippen LogP contribution in [0.4, 0.5) is 0 Å². The topological polar surface area (TPSA) is 30.3 Å². The summed E-state index contributed by atoms with van der Waals surface area (Å²) in [4.78, 5) is 5.15. The molecular weight excluding hydrogens is 210 g/mol. The van der Waals surface area contributed by atoms with Crippen molar-refractivity contribution in [1.29, 1.82) is 5.26 Å². The van der Waals surface area contributed by atoms with Crippen molar-refractivity contribution in [3.8, 4) is 6.07 Å². The van der Waals surface area contributed by atoms with Crippen LogP contribution in [-0.2, 0) is 0 Å². The van der Waals surface area contributed by atoms with E-state index in [1.54, 1.807) is 0 Å². The van der Waals surface area contributed by atoms with Gasteiger partial charge < -0.3 is 4.90 Å². The van der Waals surface area contributed by atoms with Gasteiger partial charge >= 0.3 is 0 Å². The smallest absolute Gasteiger partial charge is 0.0641 e. The van der Waals surface area contributed by atoms with Crippen LogP contribution >= 0.6 is 0 Å². The van der Waals surface area contributed by atoms with Crippen LogP contribution in [0.5, 0.6) is 0 Å². The van der Waals surface area contributed by atoms with Gasteiger partial charge in [0, 0.05) is 24.7 Å². The summed E-state index contributed by atoms with van der Waals surface area (Å²) in [5, 5.41) is 9.13. The third-order valence-corrected chi connectivity index (χ3v) is 4.64. The van der Waals surface area contributed by atoms with Crippen molar-refractivity contribution in [2.75, 3.05) is 26.2 Å². The molecule has 0 spiro atoms. The van der Waals surface area contributed by atoms with Gasteiger partial charge in [-0.3, -0.25) is 4.90 Å². The fourth-order valence-corrected chi connectivity index (χ4v) is 3.40. The third kappa shape index (κ3) is 2.64. The monoisotopic (exact) mass is 235 g/mol. The lowest BCUT2D eigenvalue weighted by molar-refractivity contribution is 0.0300. The van der Waals surface area contributed by atoms with Gasteiger partial charge in [-0.2, -0.15) is 5.26 Å². The number of likely N-dealkylation sites (tertiary alicyclic amines) is 2. The van der Waals surface area contributed by atoms with Crippen molar-refractivity contribution in [1.82, 2.24) is 9.80 Å². The van der Waals surface area contributed by atoms with E-state index in [9.17, 15) is 0 Å². The number of piperidine rings is 1. The first-order valence-corrected chi connectivity index (χ1v) is 7.04. The van der Waals surface area contributed by atoms with Crippen molar-refractivity contribution in [2.24, 2.45) is 0 Å². The molecule has 0 amide bonds. The van der Waals surface area contributed by atoms with Gasteiger partial charge in [0.1, 0.15) is 0 Å². The van der Waals surface area contributed by atoms with Crippen LogP contribution in [-0.4, -0.2) is 47.6 Å². The Bertz CT molecular complexity index is 278. The standard InChI is InChI=1S/C14H25N3/c1-13(2)16-11-6-14(5-8-15,7-12-16)17-9-3-4-10-17/h13H,3-7,9-12H2,1-2H3. The van der Waals surface area contributed by atoms with Crippen LogP contribution in [0.1, 0.15) is 46.0 Å². The average Bonchev–Trinajstić information content (AvgIpc) is 2.84. The Labute approximate surface area is 105 Å². The van der Waals surface area contributed by atoms with E-state index in [0.29, 0.717) is 6.04 Å². The Morgan fingerprint density at radius 2 is 1.71 bits per heavy atom. The molecule has 0 radical (unpaired) electrons. The number of hydrogen-bond acceptors (Lipinski definition) is 3. The third-order valence-electron chi connectivity index (χ3n) is 4.64. The molecule has 2 aliphatic heterocycles. The molecule has 3 nitrogen and oxygen atoms in total. The Morgan fingerprint density at radius 3 is 2.18 bits per heavy atom. The van der Waals surface area contributed by atoms with Gasteiger partial charge in [0.05, 0.1) is 12.5 Å². The highest BCUT2D eigenvalue weighted by atomic mass is 15.2. The minimum absolute atomic E-state index is 0.205. The molecule has 0 bridgehead atoms. The van der Waals surface area contributed by atoms with Gasteiger partial charge in [0.25, 0.3) is 0 Å². The Balaban J connectivity index is 2.02. The number of hydrogen-bond donors (Lipinski definition) is 0. The van der Waals surface area contributed by atoms with Crippen LogP contribution in [0.15, 0.2) is 0 Å². The Kier molecular flexibility index (Phi) is 4.06. The maximum atomic E-state index is 9.13. The lowest BCUT2D eigenvalue weighted by Gasteiger charge is -2.47. The fourth-order valence-electron chi connectivity index (χ4n) is 3.40. The maximum absolute atomic E-state index is 9.13. The van der Waals surface area contributed by atoms with Crippen molar-refractivity contribution in [3.05, 3.63) is 0 Å². The zero-order valence-corrected chi connectivity index (χ0v) is 11.3. The van der Waals surface area contributed by atoms with E-state index in [4.69, 9.17) is 5.26 Å². The molecule has 0 aromatic heterocycles. The van der Waals surface area contributed by atoms with E-state index in [1.165, 1.54) is 38.8 Å². The average molecular weight is 235 g/mol. The van der Waals surface area contributed by atoms with Crippen LogP contribution in [0.25, 0.3) is 0 Å². The van der Waals surface area contributed by atoms with Crippen molar-refractivity contribution < 1.29 is 0 Å². The van der Waals surface area contributed by atoms with E-state index in [2.05, 4.69) is 29.7 Å². The van der Waals surface area contributed by atoms with Crippen LogP contribution in [0.2, 0.25) is 0 Å². The Hall–Kier alpha value is -0.590. The molecule has 0 N–H and O–H groups in total.